The van der Waals surface area contributed by atoms with Crippen LogP contribution in [0.4, 0.5) is 4.39 Å². The van der Waals surface area contributed by atoms with Gasteiger partial charge in [0.25, 0.3) is 5.56 Å². The van der Waals surface area contributed by atoms with Gasteiger partial charge in [-0.1, -0.05) is 11.3 Å². The summed E-state index contributed by atoms with van der Waals surface area (Å²) in [6.07, 6.45) is 3.29. The lowest BCUT2D eigenvalue weighted by Crippen LogP contribution is -2.56. The van der Waals surface area contributed by atoms with E-state index >= 15 is 0 Å². The third kappa shape index (κ3) is 7.05. The van der Waals surface area contributed by atoms with E-state index in [2.05, 4.69) is 15.5 Å². The number of aryl methyl sites for hydroxylation is 3. The van der Waals surface area contributed by atoms with Crippen molar-refractivity contribution >= 4 is 33.4 Å². The minimum atomic E-state index is -1.48. The van der Waals surface area contributed by atoms with Crippen LogP contribution in [0.3, 0.4) is 0 Å². The largest absolute Gasteiger partial charge is 0.496 e. The van der Waals surface area contributed by atoms with Crippen molar-refractivity contribution < 1.29 is 28.9 Å². The highest BCUT2D eigenvalue weighted by Gasteiger charge is 2.35. The first kappa shape index (κ1) is 34.1. The summed E-state index contributed by atoms with van der Waals surface area (Å²) in [5.74, 6) is -1.98. The smallest absolute Gasteiger partial charge is 0.333 e. The molecule has 3 aromatic heterocycles. The number of nitrogens with one attached hydrogen (secondary N) is 1. The molecule has 0 aliphatic rings. The zero-order valence-electron chi connectivity index (χ0n) is 25.6. The molecular weight excluding hydrogens is 595 g/mol. The van der Waals surface area contributed by atoms with Gasteiger partial charge in [0.05, 0.1) is 37.4 Å². The molecule has 0 bridgehead atoms. The molecule has 4 aromatic rings. The maximum Gasteiger partial charge on any atom is 0.333 e. The number of aliphatic hydroxyl groups excluding tert-OH is 1. The number of carbonyl (C=O) groups is 2. The first-order chi connectivity index (χ1) is 20.6. The van der Waals surface area contributed by atoms with Crippen molar-refractivity contribution in [1.29, 1.82) is 0 Å². The maximum absolute atomic E-state index is 14.0. The van der Waals surface area contributed by atoms with Crippen LogP contribution >= 0.6 is 11.3 Å². The van der Waals surface area contributed by atoms with Gasteiger partial charge in [-0.15, -0.1) is 4.80 Å². The summed E-state index contributed by atoms with van der Waals surface area (Å²) in [5.41, 5.74) is -1.54. The summed E-state index contributed by atoms with van der Waals surface area (Å²) in [4.78, 5) is 52.4. The number of thiophene rings is 1. The Morgan fingerprint density at radius 2 is 1.80 bits per heavy atom. The van der Waals surface area contributed by atoms with Gasteiger partial charge in [-0.3, -0.25) is 19.0 Å². The van der Waals surface area contributed by atoms with Gasteiger partial charge in [-0.25, -0.2) is 13.8 Å². The van der Waals surface area contributed by atoms with E-state index in [1.807, 2.05) is 0 Å². The van der Waals surface area contributed by atoms with Crippen LogP contribution in [0.2, 0.25) is 0 Å². The molecule has 15 heteroatoms. The molecule has 13 nitrogen and oxygen atoms in total. The topological polar surface area (TPSA) is 171 Å². The molecule has 1 aromatic carbocycles. The Morgan fingerprint density at radius 3 is 2.32 bits per heavy atom. The van der Waals surface area contributed by atoms with Crippen molar-refractivity contribution in [3.8, 4) is 10.8 Å². The Balaban J connectivity index is 0.000000676. The number of rotatable bonds is 10. The molecule has 44 heavy (non-hydrogen) atoms. The minimum absolute atomic E-state index is 0.114. The fourth-order valence-electron chi connectivity index (χ4n) is 4.33. The molecule has 0 saturated heterocycles. The Hall–Kier alpha value is -4.37. The number of carbonyl (C=O) groups excluding carboxylic acids is 1. The normalized spacial score (nSPS) is 12.1. The maximum atomic E-state index is 14.0. The van der Waals surface area contributed by atoms with Crippen molar-refractivity contribution in [2.24, 2.45) is 5.92 Å². The molecule has 0 radical (unpaired) electrons. The summed E-state index contributed by atoms with van der Waals surface area (Å²) in [7, 11) is 1.49. The van der Waals surface area contributed by atoms with Gasteiger partial charge >= 0.3 is 11.7 Å². The van der Waals surface area contributed by atoms with Gasteiger partial charge in [0.1, 0.15) is 26.9 Å². The van der Waals surface area contributed by atoms with E-state index in [1.165, 1.54) is 79.2 Å². The average molecular weight is 633 g/mol. The van der Waals surface area contributed by atoms with Crippen LogP contribution in [-0.2, 0) is 28.1 Å². The quantitative estimate of drug-likeness (QED) is 0.238. The van der Waals surface area contributed by atoms with Gasteiger partial charge in [0.15, 0.2) is 0 Å². The van der Waals surface area contributed by atoms with E-state index in [1.54, 1.807) is 20.8 Å². The monoisotopic (exact) mass is 632 g/mol. The van der Waals surface area contributed by atoms with Crippen LogP contribution in [0, 0.1) is 18.7 Å². The van der Waals surface area contributed by atoms with Crippen LogP contribution in [-0.4, -0.2) is 66.0 Å². The lowest BCUT2D eigenvalue weighted by Gasteiger charge is -2.27. The van der Waals surface area contributed by atoms with Crippen LogP contribution < -0.4 is 21.3 Å². The van der Waals surface area contributed by atoms with Gasteiger partial charge in [0.2, 0.25) is 5.91 Å². The number of nitrogens with zero attached hydrogens (tertiary/aromatic N) is 5. The third-order valence-electron chi connectivity index (χ3n) is 6.86. The fourth-order valence-corrected chi connectivity index (χ4v) is 5.57. The molecule has 238 valence electrons. The zero-order valence-corrected chi connectivity index (χ0v) is 26.4. The van der Waals surface area contributed by atoms with Crippen LogP contribution in [0.15, 0.2) is 40.2 Å². The average Bonchev–Trinajstić information content (AvgIpc) is 3.60. The van der Waals surface area contributed by atoms with Crippen molar-refractivity contribution in [3.63, 3.8) is 0 Å². The first-order valence-corrected chi connectivity index (χ1v) is 14.6. The number of benzene rings is 1. The standard InChI is InChI=1S/C25H29FN6O4S.C4H8O3/c1-14(2)29-23(34)25(4,5)31-20(33)19-15(3)21(32-27-10-11-28-32)37-22(19)30(24(31)35)12-9-16-13-17(26)7-8-18(16)36-6;1-3(2-5)4(6)7/h7-8,10-11,13-14H,9,12H2,1-6H3,(H,29,34);3,5H,2H2,1H3,(H,6,7). The number of aromatic nitrogens is 5. The zero-order chi connectivity index (χ0) is 32.9. The Bertz CT molecular complexity index is 1760. The molecule has 1 atom stereocenters. The highest BCUT2D eigenvalue weighted by Crippen LogP contribution is 2.31. The van der Waals surface area contributed by atoms with E-state index in [0.29, 0.717) is 32.1 Å². The summed E-state index contributed by atoms with van der Waals surface area (Å²) in [6, 6.07) is 4.00. The number of carboxylic acid groups (broad SMARTS) is 1. The number of fused-ring (bicyclic) bond motifs is 1. The number of carboxylic acids is 1. The van der Waals surface area contributed by atoms with Crippen molar-refractivity contribution in [2.75, 3.05) is 13.7 Å². The van der Waals surface area contributed by atoms with Crippen molar-refractivity contribution in [2.45, 2.75) is 66.1 Å². The van der Waals surface area contributed by atoms with Crippen LogP contribution in [0.25, 0.3) is 15.2 Å². The molecule has 4 rings (SSSR count). The number of ether oxygens (including phenoxy) is 1. The second-order valence-corrected chi connectivity index (χ2v) is 11.9. The first-order valence-electron chi connectivity index (χ1n) is 13.8. The van der Waals surface area contributed by atoms with E-state index in [-0.39, 0.29) is 25.6 Å². The number of halogens is 1. The molecule has 0 spiro atoms. The molecule has 3 N–H and O–H groups in total. The summed E-state index contributed by atoms with van der Waals surface area (Å²) < 4.78 is 21.8. The second kappa shape index (κ2) is 13.9. The van der Waals surface area contributed by atoms with Crippen LogP contribution in [0.1, 0.15) is 45.7 Å². The summed E-state index contributed by atoms with van der Waals surface area (Å²) >= 11 is 1.20. The molecular formula is C29H37FN6O7S. The molecule has 0 aliphatic heterocycles. The van der Waals surface area contributed by atoms with E-state index in [9.17, 15) is 23.6 Å². The number of methoxy groups -OCH3 is 1. The van der Waals surface area contributed by atoms with Gasteiger partial charge < -0.3 is 20.3 Å². The third-order valence-corrected chi connectivity index (χ3v) is 8.15. The van der Waals surface area contributed by atoms with Crippen molar-refractivity contribution in [1.82, 2.24) is 29.4 Å². The highest BCUT2D eigenvalue weighted by atomic mass is 32.1. The molecule has 0 fully saturated rings. The Labute approximate surface area is 256 Å². The predicted octanol–water partition coefficient (Wildman–Crippen LogP) is 2.46. The lowest BCUT2D eigenvalue weighted by molar-refractivity contribution is -0.142. The summed E-state index contributed by atoms with van der Waals surface area (Å²) in [5, 5.41) is 28.2. The van der Waals surface area contributed by atoms with Crippen LogP contribution in [0.5, 0.6) is 5.75 Å². The number of hydrogen-bond donors (Lipinski definition) is 3. The highest BCUT2D eigenvalue weighted by molar-refractivity contribution is 7.21. The number of hydrogen-bond acceptors (Lipinski definition) is 9. The molecule has 0 aliphatic carbocycles. The number of aliphatic hydroxyl groups is 1. The van der Waals surface area contributed by atoms with E-state index < -0.39 is 40.4 Å². The second-order valence-electron chi connectivity index (χ2n) is 10.9. The lowest BCUT2D eigenvalue weighted by atomic mass is 10.0. The van der Waals surface area contributed by atoms with E-state index in [4.69, 9.17) is 14.9 Å². The Morgan fingerprint density at radius 1 is 1.16 bits per heavy atom. The SMILES string of the molecule is CC(CO)C(=O)O.COc1ccc(F)cc1CCn1c(=O)n(C(C)(C)C(=O)NC(C)C)c(=O)c2c(C)c(-n3nccn3)sc21. The number of aliphatic carboxylic acids is 1. The molecule has 3 heterocycles. The fraction of sp³-hybridized carbons (Fsp3) is 0.448. The molecule has 1 unspecified atom stereocenters. The van der Waals surface area contributed by atoms with Gasteiger partial charge in [-0.2, -0.15) is 10.2 Å². The van der Waals surface area contributed by atoms with Gasteiger partial charge in [-0.05, 0) is 71.7 Å². The molecule has 0 saturated carbocycles. The number of amides is 1. The predicted molar refractivity (Wildman–Crippen MR) is 163 cm³/mol. The van der Waals surface area contributed by atoms with Gasteiger partial charge in [0, 0.05) is 18.2 Å². The molecule has 1 amide bonds. The minimum Gasteiger partial charge on any atom is -0.496 e. The summed E-state index contributed by atoms with van der Waals surface area (Å²) in [6.45, 7) is 9.72. The Kier molecular flexibility index (Phi) is 10.8. The van der Waals surface area contributed by atoms with E-state index in [0.717, 1.165) is 4.57 Å². The van der Waals surface area contributed by atoms with Crippen molar-refractivity contribution in [3.05, 3.63) is 68.4 Å².